The number of ether oxygens (including phenoxy) is 1. The van der Waals surface area contributed by atoms with Crippen molar-refractivity contribution in [3.8, 4) is 0 Å². The SMILES string of the molecule is CC(C)NC(=O)C1N=C(c2ccccc2)OC1c1ccccc1.Cc1ccccc1. The van der Waals surface area contributed by atoms with Gasteiger partial charge < -0.3 is 10.1 Å². The van der Waals surface area contributed by atoms with E-state index in [0.717, 1.165) is 11.1 Å². The van der Waals surface area contributed by atoms with E-state index in [1.807, 2.05) is 92.7 Å². The summed E-state index contributed by atoms with van der Waals surface area (Å²) in [7, 11) is 0. The van der Waals surface area contributed by atoms with E-state index >= 15 is 0 Å². The summed E-state index contributed by atoms with van der Waals surface area (Å²) in [6.45, 7) is 5.96. The van der Waals surface area contributed by atoms with Crippen molar-refractivity contribution < 1.29 is 9.53 Å². The number of hydrogen-bond acceptors (Lipinski definition) is 3. The first kappa shape index (κ1) is 21.3. The summed E-state index contributed by atoms with van der Waals surface area (Å²) in [5, 5.41) is 2.93. The van der Waals surface area contributed by atoms with Crippen LogP contribution in [-0.2, 0) is 9.53 Å². The summed E-state index contributed by atoms with van der Waals surface area (Å²) in [6.07, 6.45) is -0.398. The molecule has 4 heteroatoms. The van der Waals surface area contributed by atoms with Crippen molar-refractivity contribution >= 4 is 11.8 Å². The van der Waals surface area contributed by atoms with Crippen LogP contribution in [0.15, 0.2) is 96.0 Å². The minimum atomic E-state index is -0.574. The van der Waals surface area contributed by atoms with Crippen molar-refractivity contribution in [1.29, 1.82) is 0 Å². The fourth-order valence-electron chi connectivity index (χ4n) is 3.13. The second-order valence-electron chi connectivity index (χ2n) is 7.51. The minimum absolute atomic E-state index is 0.0647. The van der Waals surface area contributed by atoms with Gasteiger partial charge in [0.05, 0.1) is 0 Å². The first-order valence-corrected chi connectivity index (χ1v) is 10.2. The number of aryl methyl sites for hydroxylation is 1. The summed E-state index contributed by atoms with van der Waals surface area (Å²) in [5.41, 5.74) is 3.15. The quantitative estimate of drug-likeness (QED) is 0.663. The first-order valence-electron chi connectivity index (χ1n) is 10.2. The van der Waals surface area contributed by atoms with E-state index in [2.05, 4.69) is 29.4 Å². The minimum Gasteiger partial charge on any atom is -0.466 e. The lowest BCUT2D eigenvalue weighted by Crippen LogP contribution is -2.39. The summed E-state index contributed by atoms with van der Waals surface area (Å²) >= 11 is 0. The van der Waals surface area contributed by atoms with E-state index in [4.69, 9.17) is 4.74 Å². The summed E-state index contributed by atoms with van der Waals surface area (Å²) in [4.78, 5) is 17.1. The van der Waals surface area contributed by atoms with E-state index in [-0.39, 0.29) is 11.9 Å². The first-order chi connectivity index (χ1) is 14.5. The van der Waals surface area contributed by atoms with Gasteiger partial charge in [-0.3, -0.25) is 4.79 Å². The number of hydrogen-bond donors (Lipinski definition) is 1. The maximum Gasteiger partial charge on any atom is 0.249 e. The Kier molecular flexibility index (Phi) is 7.39. The molecule has 1 heterocycles. The van der Waals surface area contributed by atoms with Crippen LogP contribution in [0.4, 0.5) is 0 Å². The fourth-order valence-corrected chi connectivity index (χ4v) is 3.13. The Bertz CT molecular complexity index is 954. The van der Waals surface area contributed by atoms with E-state index in [0.29, 0.717) is 5.90 Å². The Labute approximate surface area is 178 Å². The summed E-state index contributed by atoms with van der Waals surface area (Å²) in [5.74, 6) is 0.406. The third-order valence-corrected chi connectivity index (χ3v) is 4.57. The molecule has 1 amide bonds. The third-order valence-electron chi connectivity index (χ3n) is 4.57. The average Bonchev–Trinajstić information content (AvgIpc) is 3.21. The Balaban J connectivity index is 0.000000310. The van der Waals surface area contributed by atoms with E-state index < -0.39 is 12.1 Å². The van der Waals surface area contributed by atoms with Gasteiger partial charge in [0.1, 0.15) is 0 Å². The van der Waals surface area contributed by atoms with Gasteiger partial charge in [-0.2, -0.15) is 0 Å². The monoisotopic (exact) mass is 400 g/mol. The highest BCUT2D eigenvalue weighted by Gasteiger charge is 2.38. The number of carbonyl (C=O) groups excluding carboxylic acids is 1. The van der Waals surface area contributed by atoms with Crippen molar-refractivity contribution in [2.75, 3.05) is 0 Å². The zero-order valence-corrected chi connectivity index (χ0v) is 17.7. The molecule has 1 aliphatic heterocycles. The predicted molar refractivity (Wildman–Crippen MR) is 121 cm³/mol. The largest absolute Gasteiger partial charge is 0.466 e. The highest BCUT2D eigenvalue weighted by Crippen LogP contribution is 2.31. The van der Waals surface area contributed by atoms with Crippen molar-refractivity contribution in [2.24, 2.45) is 4.99 Å². The van der Waals surface area contributed by atoms with Gasteiger partial charge in [-0.25, -0.2) is 4.99 Å². The molecule has 4 nitrogen and oxygen atoms in total. The molecule has 3 aromatic carbocycles. The highest BCUT2D eigenvalue weighted by atomic mass is 16.5. The van der Waals surface area contributed by atoms with Gasteiger partial charge in [0.25, 0.3) is 0 Å². The number of carbonyl (C=O) groups is 1. The molecule has 4 rings (SSSR count). The molecule has 0 aromatic heterocycles. The summed E-state index contributed by atoms with van der Waals surface area (Å²) in [6, 6.07) is 29.2. The van der Waals surface area contributed by atoms with Crippen LogP contribution in [0, 0.1) is 6.92 Å². The highest BCUT2D eigenvalue weighted by molar-refractivity contribution is 5.99. The van der Waals surface area contributed by atoms with Crippen LogP contribution in [0.3, 0.4) is 0 Å². The van der Waals surface area contributed by atoms with Crippen LogP contribution in [-0.4, -0.2) is 23.9 Å². The molecule has 0 aliphatic carbocycles. The second kappa shape index (κ2) is 10.4. The van der Waals surface area contributed by atoms with Crippen LogP contribution < -0.4 is 5.32 Å². The van der Waals surface area contributed by atoms with Gasteiger partial charge in [-0.1, -0.05) is 84.4 Å². The fraction of sp³-hybridized carbons (Fsp3) is 0.231. The molecule has 0 bridgehead atoms. The van der Waals surface area contributed by atoms with E-state index in [1.165, 1.54) is 5.56 Å². The standard InChI is InChI=1S/C19H20N2O2.C7H8/c1-13(2)20-18(22)16-17(14-9-5-3-6-10-14)23-19(21-16)15-11-7-4-8-12-15;1-7-5-3-2-4-6-7/h3-13,16-17H,1-2H3,(H,20,22);2-6H,1H3. The second-order valence-corrected chi connectivity index (χ2v) is 7.51. The molecule has 1 N–H and O–H groups in total. The number of nitrogens with one attached hydrogen (secondary N) is 1. The van der Waals surface area contributed by atoms with E-state index in [1.54, 1.807) is 0 Å². The van der Waals surface area contributed by atoms with Crippen molar-refractivity contribution in [1.82, 2.24) is 5.32 Å². The molecular weight excluding hydrogens is 372 g/mol. The van der Waals surface area contributed by atoms with E-state index in [9.17, 15) is 4.79 Å². The topological polar surface area (TPSA) is 50.7 Å². The van der Waals surface area contributed by atoms with Gasteiger partial charge in [0, 0.05) is 11.6 Å². The van der Waals surface area contributed by atoms with Crippen LogP contribution in [0.5, 0.6) is 0 Å². The molecule has 30 heavy (non-hydrogen) atoms. The molecule has 0 spiro atoms. The Morgan fingerprint density at radius 2 is 1.40 bits per heavy atom. The molecule has 1 aliphatic rings. The molecule has 2 unspecified atom stereocenters. The predicted octanol–water partition coefficient (Wildman–Crippen LogP) is 5.09. The number of rotatable bonds is 4. The van der Waals surface area contributed by atoms with Gasteiger partial charge in [0.2, 0.25) is 11.8 Å². The zero-order chi connectivity index (χ0) is 21.3. The maximum absolute atomic E-state index is 12.5. The van der Waals surface area contributed by atoms with Crippen molar-refractivity contribution in [2.45, 2.75) is 39.0 Å². The van der Waals surface area contributed by atoms with Crippen LogP contribution in [0.25, 0.3) is 0 Å². The number of nitrogens with zero attached hydrogens (tertiary/aromatic N) is 1. The number of aliphatic imine (C=N–C) groups is 1. The molecule has 2 atom stereocenters. The molecule has 3 aromatic rings. The molecule has 0 saturated heterocycles. The molecule has 0 radical (unpaired) electrons. The van der Waals surface area contributed by atoms with Crippen molar-refractivity contribution in [3.05, 3.63) is 108 Å². The smallest absolute Gasteiger partial charge is 0.249 e. The average molecular weight is 401 g/mol. The van der Waals surface area contributed by atoms with Gasteiger partial charge in [0.15, 0.2) is 12.1 Å². The molecule has 0 fully saturated rings. The summed E-state index contributed by atoms with van der Waals surface area (Å²) < 4.78 is 6.04. The lowest BCUT2D eigenvalue weighted by molar-refractivity contribution is -0.124. The Morgan fingerprint density at radius 3 is 1.90 bits per heavy atom. The molecule has 154 valence electrons. The lowest BCUT2D eigenvalue weighted by Gasteiger charge is -2.19. The van der Waals surface area contributed by atoms with Gasteiger partial charge in [-0.05, 0) is 38.5 Å². The normalized spacial score (nSPS) is 17.4. The van der Waals surface area contributed by atoms with Gasteiger partial charge >= 0.3 is 0 Å². The van der Waals surface area contributed by atoms with Gasteiger partial charge in [-0.15, -0.1) is 0 Å². The molecular formula is C26H28N2O2. The lowest BCUT2D eigenvalue weighted by atomic mass is 10.0. The number of benzene rings is 3. The van der Waals surface area contributed by atoms with Crippen LogP contribution >= 0.6 is 0 Å². The third kappa shape index (κ3) is 5.80. The molecule has 0 saturated carbocycles. The Morgan fingerprint density at radius 1 is 0.867 bits per heavy atom. The van der Waals surface area contributed by atoms with Crippen molar-refractivity contribution in [3.63, 3.8) is 0 Å². The number of amides is 1. The Hall–Kier alpha value is -3.40. The zero-order valence-electron chi connectivity index (χ0n) is 17.7. The van der Waals surface area contributed by atoms with Crippen LogP contribution in [0.1, 0.15) is 36.6 Å². The van der Waals surface area contributed by atoms with Crippen LogP contribution in [0.2, 0.25) is 0 Å². The maximum atomic E-state index is 12.5.